The third-order valence-corrected chi connectivity index (χ3v) is 4.67. The van der Waals surface area contributed by atoms with Gasteiger partial charge in [0.25, 0.3) is 0 Å². The number of carbonyl (C=O) groups excluding carboxylic acids is 1. The van der Waals surface area contributed by atoms with Crippen LogP contribution < -0.4 is 4.90 Å². The molecule has 136 valence electrons. The van der Waals surface area contributed by atoms with Gasteiger partial charge in [-0.2, -0.15) is 0 Å². The second-order valence-electron chi connectivity index (χ2n) is 6.50. The fourth-order valence-electron chi connectivity index (χ4n) is 2.98. The van der Waals surface area contributed by atoms with E-state index in [2.05, 4.69) is 13.8 Å². The predicted molar refractivity (Wildman–Crippen MR) is 101 cm³/mol. The summed E-state index contributed by atoms with van der Waals surface area (Å²) >= 11 is 6.32. The molecule has 0 atom stereocenters. The summed E-state index contributed by atoms with van der Waals surface area (Å²) in [6.45, 7) is 8.03. The average Bonchev–Trinajstić information content (AvgIpc) is 2.54. The first-order valence-electron chi connectivity index (χ1n) is 9.23. The first kappa shape index (κ1) is 21.0. The van der Waals surface area contributed by atoms with Gasteiger partial charge in [0.15, 0.2) is 0 Å². The zero-order valence-electron chi connectivity index (χ0n) is 15.5. The molecule has 0 aliphatic rings. The Morgan fingerprint density at radius 1 is 1.12 bits per heavy atom. The zero-order chi connectivity index (χ0) is 18.1. The van der Waals surface area contributed by atoms with E-state index >= 15 is 0 Å². The van der Waals surface area contributed by atoms with Crippen LogP contribution in [0.1, 0.15) is 77.7 Å². The second kappa shape index (κ2) is 10.7. The van der Waals surface area contributed by atoms with Crippen molar-refractivity contribution in [2.45, 2.75) is 85.1 Å². The monoisotopic (exact) mass is 355 g/mol. The van der Waals surface area contributed by atoms with E-state index < -0.39 is 0 Å². The molecule has 1 aromatic carbocycles. The molecule has 0 bridgehead atoms. The molecule has 0 unspecified atom stereocenters. The van der Waals surface area contributed by atoms with Crippen molar-refractivity contribution in [3.05, 3.63) is 28.5 Å². The second-order valence-corrected chi connectivity index (χ2v) is 6.91. The minimum absolute atomic E-state index is 0.0858. The van der Waals surface area contributed by atoms with Crippen molar-refractivity contribution in [1.29, 1.82) is 0 Å². The first-order chi connectivity index (χ1) is 11.5. The van der Waals surface area contributed by atoms with Crippen LogP contribution in [-0.2, 0) is 4.79 Å². The third kappa shape index (κ3) is 5.77. The van der Waals surface area contributed by atoms with Crippen LogP contribution >= 0.6 is 11.6 Å². The molecule has 0 N–H and O–H groups in total. The Kier molecular flexibility index (Phi) is 9.35. The SMILES string of the molecule is CCCCC(CCCC)N(C(=O)CCC)c1cc(C)c(F)cc1Cl. The van der Waals surface area contributed by atoms with E-state index in [1.807, 2.05) is 11.8 Å². The quantitative estimate of drug-likeness (QED) is 0.459. The molecule has 2 nitrogen and oxygen atoms in total. The Bertz CT molecular complexity index is 525. The topological polar surface area (TPSA) is 20.3 Å². The maximum absolute atomic E-state index is 13.8. The summed E-state index contributed by atoms with van der Waals surface area (Å²) in [5, 5.41) is 0.320. The van der Waals surface area contributed by atoms with E-state index in [9.17, 15) is 9.18 Å². The van der Waals surface area contributed by atoms with E-state index in [0.717, 1.165) is 44.9 Å². The molecule has 0 aliphatic heterocycles. The van der Waals surface area contributed by atoms with Crippen molar-refractivity contribution in [1.82, 2.24) is 0 Å². The number of benzene rings is 1. The number of unbranched alkanes of at least 4 members (excludes halogenated alkanes) is 2. The number of hydrogen-bond acceptors (Lipinski definition) is 1. The summed E-state index contributed by atoms with van der Waals surface area (Å²) in [6.07, 6.45) is 7.52. The number of aryl methyl sites for hydroxylation is 1. The number of hydrogen-bond donors (Lipinski definition) is 0. The number of anilines is 1. The molecule has 0 radical (unpaired) electrons. The smallest absolute Gasteiger partial charge is 0.227 e. The number of amides is 1. The van der Waals surface area contributed by atoms with Gasteiger partial charge in [0, 0.05) is 12.5 Å². The highest BCUT2D eigenvalue weighted by Gasteiger charge is 2.26. The highest BCUT2D eigenvalue weighted by Crippen LogP contribution is 2.33. The van der Waals surface area contributed by atoms with Crippen molar-refractivity contribution in [2.75, 3.05) is 4.90 Å². The Labute approximate surface area is 151 Å². The average molecular weight is 356 g/mol. The lowest BCUT2D eigenvalue weighted by Crippen LogP contribution is -2.41. The summed E-state index contributed by atoms with van der Waals surface area (Å²) in [5.41, 5.74) is 1.18. The summed E-state index contributed by atoms with van der Waals surface area (Å²) in [6, 6.07) is 3.18. The van der Waals surface area contributed by atoms with Gasteiger partial charge in [-0.15, -0.1) is 0 Å². The fourth-order valence-corrected chi connectivity index (χ4v) is 3.22. The molecule has 1 rings (SSSR count). The molecular weight excluding hydrogens is 325 g/mol. The molecule has 1 aromatic rings. The molecule has 0 fully saturated rings. The Balaban J connectivity index is 3.26. The van der Waals surface area contributed by atoms with Gasteiger partial charge < -0.3 is 4.90 Å². The van der Waals surface area contributed by atoms with Gasteiger partial charge in [-0.3, -0.25) is 4.79 Å². The van der Waals surface area contributed by atoms with E-state index in [-0.39, 0.29) is 17.8 Å². The molecule has 0 heterocycles. The van der Waals surface area contributed by atoms with E-state index in [4.69, 9.17) is 11.6 Å². The minimum atomic E-state index is -0.328. The summed E-state index contributed by atoms with van der Waals surface area (Å²) in [7, 11) is 0. The van der Waals surface area contributed by atoms with Gasteiger partial charge in [-0.25, -0.2) is 4.39 Å². The largest absolute Gasteiger partial charge is 0.308 e. The van der Waals surface area contributed by atoms with Crippen LogP contribution in [0.5, 0.6) is 0 Å². The molecule has 1 amide bonds. The number of nitrogens with zero attached hydrogens (tertiary/aromatic N) is 1. The van der Waals surface area contributed by atoms with Gasteiger partial charge in [0.2, 0.25) is 5.91 Å². The van der Waals surface area contributed by atoms with Gasteiger partial charge in [0.1, 0.15) is 5.82 Å². The summed E-state index contributed by atoms with van der Waals surface area (Å²) in [4.78, 5) is 14.7. The maximum Gasteiger partial charge on any atom is 0.227 e. The lowest BCUT2D eigenvalue weighted by molar-refractivity contribution is -0.119. The highest BCUT2D eigenvalue weighted by molar-refractivity contribution is 6.33. The van der Waals surface area contributed by atoms with Crippen molar-refractivity contribution in [3.8, 4) is 0 Å². The Hall–Kier alpha value is -1.09. The molecule has 0 aromatic heterocycles. The lowest BCUT2D eigenvalue weighted by atomic mass is 10.00. The van der Waals surface area contributed by atoms with Crippen molar-refractivity contribution < 1.29 is 9.18 Å². The lowest BCUT2D eigenvalue weighted by Gasteiger charge is -2.33. The van der Waals surface area contributed by atoms with Gasteiger partial charge in [0.05, 0.1) is 10.7 Å². The molecule has 0 saturated heterocycles. The maximum atomic E-state index is 13.8. The van der Waals surface area contributed by atoms with Crippen molar-refractivity contribution in [2.24, 2.45) is 0 Å². The molecule has 0 saturated carbocycles. The summed E-state index contributed by atoms with van der Waals surface area (Å²) in [5.74, 6) is -0.243. The minimum Gasteiger partial charge on any atom is -0.308 e. The van der Waals surface area contributed by atoms with E-state index in [1.165, 1.54) is 6.07 Å². The zero-order valence-corrected chi connectivity index (χ0v) is 16.3. The van der Waals surface area contributed by atoms with Crippen LogP contribution in [0, 0.1) is 12.7 Å². The fraction of sp³-hybridized carbons (Fsp3) is 0.650. The number of carbonyl (C=O) groups is 1. The molecular formula is C20H31ClFNO. The van der Waals surface area contributed by atoms with Crippen molar-refractivity contribution in [3.63, 3.8) is 0 Å². The Morgan fingerprint density at radius 2 is 1.71 bits per heavy atom. The van der Waals surface area contributed by atoms with Crippen LogP contribution in [0.3, 0.4) is 0 Å². The molecule has 0 spiro atoms. The normalized spacial score (nSPS) is 11.1. The number of rotatable bonds is 10. The van der Waals surface area contributed by atoms with Crippen LogP contribution in [-0.4, -0.2) is 11.9 Å². The van der Waals surface area contributed by atoms with Gasteiger partial charge in [-0.1, -0.05) is 58.1 Å². The molecule has 0 aliphatic carbocycles. The van der Waals surface area contributed by atoms with Crippen LogP contribution in [0.25, 0.3) is 0 Å². The van der Waals surface area contributed by atoms with Crippen LogP contribution in [0.4, 0.5) is 10.1 Å². The summed E-state index contributed by atoms with van der Waals surface area (Å²) < 4.78 is 13.8. The van der Waals surface area contributed by atoms with Gasteiger partial charge >= 0.3 is 0 Å². The predicted octanol–water partition coefficient (Wildman–Crippen LogP) is 6.67. The molecule has 4 heteroatoms. The Morgan fingerprint density at radius 3 is 2.21 bits per heavy atom. The van der Waals surface area contributed by atoms with Crippen LogP contribution in [0.15, 0.2) is 12.1 Å². The standard InChI is InChI=1S/C20H31ClFNO/c1-5-8-11-16(12-9-6-2)23(20(24)10-7-3)19-13-15(4)18(22)14-17(19)21/h13-14,16H,5-12H2,1-4H3. The van der Waals surface area contributed by atoms with Crippen LogP contribution in [0.2, 0.25) is 5.02 Å². The van der Waals surface area contributed by atoms with E-state index in [1.54, 1.807) is 13.0 Å². The highest BCUT2D eigenvalue weighted by atomic mass is 35.5. The number of halogens is 2. The first-order valence-corrected chi connectivity index (χ1v) is 9.61. The third-order valence-electron chi connectivity index (χ3n) is 4.37. The van der Waals surface area contributed by atoms with Crippen molar-refractivity contribution >= 4 is 23.2 Å². The van der Waals surface area contributed by atoms with E-state index in [0.29, 0.717) is 22.7 Å². The molecule has 24 heavy (non-hydrogen) atoms. The van der Waals surface area contributed by atoms with Gasteiger partial charge in [-0.05, 0) is 43.9 Å².